The Bertz CT molecular complexity index is 780. The fourth-order valence-corrected chi connectivity index (χ4v) is 3.26. The van der Waals surface area contributed by atoms with E-state index in [-0.39, 0.29) is 24.7 Å². The molecule has 0 radical (unpaired) electrons. The van der Waals surface area contributed by atoms with Gasteiger partial charge in [0, 0.05) is 24.9 Å². The zero-order chi connectivity index (χ0) is 18.5. The van der Waals surface area contributed by atoms with Gasteiger partial charge in [0.05, 0.1) is 12.6 Å². The normalized spacial score (nSPS) is 15.8. The van der Waals surface area contributed by atoms with Crippen molar-refractivity contribution >= 4 is 28.5 Å². The Labute approximate surface area is 157 Å². The van der Waals surface area contributed by atoms with E-state index in [9.17, 15) is 4.79 Å². The van der Waals surface area contributed by atoms with Gasteiger partial charge in [-0.1, -0.05) is 11.6 Å². The largest absolute Gasteiger partial charge is 0.490 e. The van der Waals surface area contributed by atoms with Crippen LogP contribution in [0.5, 0.6) is 11.8 Å². The molecule has 2 heterocycles. The molecular weight excluding hydrogens is 358 g/mol. The minimum Gasteiger partial charge on any atom is -0.490 e. The number of hydrogen-bond acceptors (Lipinski definition) is 7. The van der Waals surface area contributed by atoms with E-state index in [0.29, 0.717) is 28.4 Å². The average Bonchev–Trinajstić information content (AvgIpc) is 3.11. The molecule has 1 aromatic carbocycles. The van der Waals surface area contributed by atoms with Crippen molar-refractivity contribution in [3.05, 3.63) is 23.4 Å². The quantitative estimate of drug-likeness (QED) is 0.540. The summed E-state index contributed by atoms with van der Waals surface area (Å²) in [6, 6.07) is 5.57. The first kappa shape index (κ1) is 18.7. The van der Waals surface area contributed by atoms with E-state index < -0.39 is 0 Å². The van der Waals surface area contributed by atoms with Crippen LogP contribution < -0.4 is 9.47 Å². The second-order valence-corrected chi connectivity index (χ2v) is 6.59. The number of rotatable bonds is 7. The summed E-state index contributed by atoms with van der Waals surface area (Å²) in [5.74, 6) is 0.313. The highest BCUT2D eigenvalue weighted by Crippen LogP contribution is 2.26. The van der Waals surface area contributed by atoms with Crippen LogP contribution in [0.15, 0.2) is 18.2 Å². The molecule has 1 saturated heterocycles. The molecule has 7 nitrogen and oxygen atoms in total. The van der Waals surface area contributed by atoms with Gasteiger partial charge in [0.15, 0.2) is 0 Å². The third-order valence-electron chi connectivity index (χ3n) is 4.21. The number of esters is 1. The zero-order valence-electron chi connectivity index (χ0n) is 14.9. The molecule has 1 aliphatic rings. The number of hydrogen-bond donors (Lipinski definition) is 0. The SMILES string of the molecule is COc1nc(Cl)c2ccc(OCC(CN3CCCC3)OC(C)=O)cc2n1. The lowest BCUT2D eigenvalue weighted by atomic mass is 10.2. The highest BCUT2D eigenvalue weighted by Gasteiger charge is 2.20. The molecule has 1 fully saturated rings. The molecule has 0 spiro atoms. The molecule has 8 heteroatoms. The zero-order valence-corrected chi connectivity index (χ0v) is 15.7. The minimum absolute atomic E-state index is 0.200. The van der Waals surface area contributed by atoms with Gasteiger partial charge in [-0.2, -0.15) is 9.97 Å². The van der Waals surface area contributed by atoms with Crippen LogP contribution in [-0.2, 0) is 9.53 Å². The predicted octanol–water partition coefficient (Wildman–Crippen LogP) is 2.70. The average molecular weight is 380 g/mol. The molecule has 1 aromatic heterocycles. The minimum atomic E-state index is -0.315. The van der Waals surface area contributed by atoms with Crippen LogP contribution in [0.3, 0.4) is 0 Å². The monoisotopic (exact) mass is 379 g/mol. The van der Waals surface area contributed by atoms with Gasteiger partial charge < -0.3 is 14.2 Å². The van der Waals surface area contributed by atoms with Gasteiger partial charge in [0.1, 0.15) is 23.6 Å². The topological polar surface area (TPSA) is 73.8 Å². The molecule has 1 unspecified atom stereocenters. The van der Waals surface area contributed by atoms with Crippen LogP contribution in [0.1, 0.15) is 19.8 Å². The third-order valence-corrected chi connectivity index (χ3v) is 4.50. The predicted molar refractivity (Wildman–Crippen MR) is 97.8 cm³/mol. The number of halogens is 1. The number of carbonyl (C=O) groups is 1. The number of ether oxygens (including phenoxy) is 3. The molecule has 0 bridgehead atoms. The van der Waals surface area contributed by atoms with Gasteiger partial charge in [0.2, 0.25) is 0 Å². The standard InChI is InChI=1S/C18H22ClN3O4/c1-12(23)26-14(10-22-7-3-4-8-22)11-25-13-5-6-15-16(9-13)20-18(24-2)21-17(15)19/h5-6,9,14H,3-4,7-8,10-11H2,1-2H3. The maximum atomic E-state index is 11.4. The molecule has 1 aliphatic heterocycles. The van der Waals surface area contributed by atoms with Crippen molar-refractivity contribution in [2.24, 2.45) is 0 Å². The summed E-state index contributed by atoms with van der Waals surface area (Å²) in [4.78, 5) is 22.0. The van der Waals surface area contributed by atoms with Crippen molar-refractivity contribution in [1.82, 2.24) is 14.9 Å². The molecule has 26 heavy (non-hydrogen) atoms. The van der Waals surface area contributed by atoms with E-state index in [1.807, 2.05) is 0 Å². The van der Waals surface area contributed by atoms with Gasteiger partial charge >= 0.3 is 12.0 Å². The van der Waals surface area contributed by atoms with E-state index in [4.69, 9.17) is 25.8 Å². The van der Waals surface area contributed by atoms with Crippen LogP contribution in [0, 0.1) is 0 Å². The highest BCUT2D eigenvalue weighted by molar-refractivity contribution is 6.34. The first-order valence-corrected chi connectivity index (χ1v) is 8.96. The molecule has 1 atom stereocenters. The number of carbonyl (C=O) groups excluding carboxylic acids is 1. The van der Waals surface area contributed by atoms with Crippen LogP contribution in [0.25, 0.3) is 10.9 Å². The van der Waals surface area contributed by atoms with Crippen LogP contribution in [0.2, 0.25) is 5.15 Å². The highest BCUT2D eigenvalue weighted by atomic mass is 35.5. The van der Waals surface area contributed by atoms with E-state index >= 15 is 0 Å². The van der Waals surface area contributed by atoms with E-state index in [1.165, 1.54) is 26.9 Å². The van der Waals surface area contributed by atoms with Crippen molar-refractivity contribution in [2.45, 2.75) is 25.9 Å². The second-order valence-electron chi connectivity index (χ2n) is 6.23. The molecule has 0 saturated carbocycles. The summed E-state index contributed by atoms with van der Waals surface area (Å²) in [5, 5.41) is 1.04. The lowest BCUT2D eigenvalue weighted by Crippen LogP contribution is -2.36. The lowest BCUT2D eigenvalue weighted by Gasteiger charge is -2.23. The number of likely N-dealkylation sites (tertiary alicyclic amines) is 1. The Kier molecular flexibility index (Phi) is 6.11. The summed E-state index contributed by atoms with van der Waals surface area (Å²) in [7, 11) is 1.49. The van der Waals surface area contributed by atoms with Crippen molar-refractivity contribution in [3.8, 4) is 11.8 Å². The first-order chi connectivity index (χ1) is 12.5. The van der Waals surface area contributed by atoms with Crippen molar-refractivity contribution in [2.75, 3.05) is 33.4 Å². The molecule has 3 rings (SSSR count). The Morgan fingerprint density at radius 2 is 2.08 bits per heavy atom. The molecule has 0 aliphatic carbocycles. The number of benzene rings is 1. The maximum absolute atomic E-state index is 11.4. The smallest absolute Gasteiger partial charge is 0.318 e. The summed E-state index contributed by atoms with van der Waals surface area (Å²) in [5.41, 5.74) is 0.628. The van der Waals surface area contributed by atoms with Crippen molar-refractivity contribution in [1.29, 1.82) is 0 Å². The molecular formula is C18H22ClN3O4. The Hall–Kier alpha value is -2.12. The molecule has 140 valence electrons. The summed E-state index contributed by atoms with van der Waals surface area (Å²) < 4.78 is 16.3. The molecule has 2 aromatic rings. The summed E-state index contributed by atoms with van der Waals surface area (Å²) >= 11 is 6.14. The summed E-state index contributed by atoms with van der Waals surface area (Å²) in [6.07, 6.45) is 2.05. The van der Waals surface area contributed by atoms with Crippen molar-refractivity contribution in [3.63, 3.8) is 0 Å². The van der Waals surface area contributed by atoms with E-state index in [1.54, 1.807) is 18.2 Å². The van der Waals surface area contributed by atoms with Gasteiger partial charge in [-0.15, -0.1) is 0 Å². The third kappa shape index (κ3) is 4.74. The number of methoxy groups -OCH3 is 1. The Morgan fingerprint density at radius 1 is 1.31 bits per heavy atom. The first-order valence-electron chi connectivity index (χ1n) is 8.59. The maximum Gasteiger partial charge on any atom is 0.318 e. The van der Waals surface area contributed by atoms with E-state index in [0.717, 1.165) is 13.1 Å². The number of nitrogens with zero attached hydrogens (tertiary/aromatic N) is 3. The second kappa shape index (κ2) is 8.51. The van der Waals surface area contributed by atoms with Gasteiger partial charge in [-0.25, -0.2) is 0 Å². The fraction of sp³-hybridized carbons (Fsp3) is 0.500. The number of aromatic nitrogens is 2. The molecule has 0 N–H and O–H groups in total. The van der Waals surface area contributed by atoms with Crippen LogP contribution in [-0.4, -0.2) is 60.3 Å². The Balaban J connectivity index is 1.70. The van der Waals surface area contributed by atoms with Crippen LogP contribution >= 0.6 is 11.6 Å². The van der Waals surface area contributed by atoms with Gasteiger partial charge in [-0.05, 0) is 38.1 Å². The lowest BCUT2D eigenvalue weighted by molar-refractivity contribution is -0.148. The van der Waals surface area contributed by atoms with E-state index in [2.05, 4.69) is 14.9 Å². The summed E-state index contributed by atoms with van der Waals surface area (Å²) in [6.45, 7) is 4.43. The van der Waals surface area contributed by atoms with Gasteiger partial charge in [-0.3, -0.25) is 9.69 Å². The van der Waals surface area contributed by atoms with Crippen LogP contribution in [0.4, 0.5) is 0 Å². The molecule has 0 amide bonds. The number of fused-ring (bicyclic) bond motifs is 1. The fourth-order valence-electron chi connectivity index (χ4n) is 3.03. The Morgan fingerprint density at radius 3 is 2.77 bits per heavy atom. The van der Waals surface area contributed by atoms with Crippen molar-refractivity contribution < 1.29 is 19.0 Å². The van der Waals surface area contributed by atoms with Gasteiger partial charge in [0.25, 0.3) is 0 Å².